The molecule has 1 aliphatic carbocycles. The summed E-state index contributed by atoms with van der Waals surface area (Å²) in [6, 6.07) is 9.01. The maximum Gasteiger partial charge on any atom is 0.235 e. The molecule has 1 aliphatic rings. The average Bonchev–Trinajstić information content (AvgIpc) is 2.77. The van der Waals surface area contributed by atoms with E-state index in [1.807, 2.05) is 18.2 Å². The van der Waals surface area contributed by atoms with Gasteiger partial charge in [0.25, 0.3) is 0 Å². The van der Waals surface area contributed by atoms with Crippen molar-refractivity contribution in [2.75, 3.05) is 0 Å². The topological polar surface area (TPSA) is 37.3 Å². The first kappa shape index (κ1) is 11.9. The Balaban J connectivity index is 1.96. The van der Waals surface area contributed by atoms with Crippen LogP contribution in [0.1, 0.15) is 42.5 Å². The first-order valence-electron chi connectivity index (χ1n) is 6.00. The maximum absolute atomic E-state index is 11.7. The molecule has 0 unspecified atom stereocenters. The lowest BCUT2D eigenvalue weighted by atomic mass is 9.98. The highest BCUT2D eigenvalue weighted by Gasteiger charge is 2.29. The third kappa shape index (κ3) is 3.18. The van der Waals surface area contributed by atoms with Crippen molar-refractivity contribution >= 4 is 5.78 Å². The summed E-state index contributed by atoms with van der Waals surface area (Å²) in [6.45, 7) is 0. The molecule has 1 saturated carbocycles. The minimum atomic E-state index is -0.649. The van der Waals surface area contributed by atoms with Crippen LogP contribution < -0.4 is 0 Å². The van der Waals surface area contributed by atoms with Crippen LogP contribution in [0.15, 0.2) is 30.3 Å². The second-order valence-electron chi connectivity index (χ2n) is 4.61. The van der Waals surface area contributed by atoms with Crippen LogP contribution in [0, 0.1) is 11.8 Å². The molecular formula is C15H16O2. The second kappa shape index (κ2) is 5.16. The number of hydrogen-bond acceptors (Lipinski definition) is 2. The monoisotopic (exact) mass is 228 g/mol. The van der Waals surface area contributed by atoms with Gasteiger partial charge in [0, 0.05) is 12.0 Å². The van der Waals surface area contributed by atoms with Crippen molar-refractivity contribution in [2.24, 2.45) is 0 Å². The molecule has 2 heteroatoms. The van der Waals surface area contributed by atoms with Crippen LogP contribution in [0.4, 0.5) is 0 Å². The molecule has 0 aromatic heterocycles. The highest BCUT2D eigenvalue weighted by molar-refractivity contribution is 6.08. The quantitative estimate of drug-likeness (QED) is 0.480. The molecule has 0 amide bonds. The lowest BCUT2D eigenvalue weighted by molar-refractivity contribution is 0.0532. The van der Waals surface area contributed by atoms with E-state index in [0.717, 1.165) is 25.7 Å². The second-order valence-corrected chi connectivity index (χ2v) is 4.61. The van der Waals surface area contributed by atoms with Gasteiger partial charge in [0.15, 0.2) is 0 Å². The van der Waals surface area contributed by atoms with E-state index in [1.54, 1.807) is 12.1 Å². The first-order valence-corrected chi connectivity index (χ1v) is 6.00. The molecule has 1 aromatic rings. The zero-order valence-electron chi connectivity index (χ0n) is 9.78. The van der Waals surface area contributed by atoms with Gasteiger partial charge in [0.2, 0.25) is 5.78 Å². The normalized spacial score (nSPS) is 17.2. The SMILES string of the molecule is O=C(C#CCC1(O)CCCC1)c1ccccc1. The summed E-state index contributed by atoms with van der Waals surface area (Å²) in [5.41, 5.74) is -0.0392. The summed E-state index contributed by atoms with van der Waals surface area (Å²) in [6.07, 6.45) is 4.14. The molecular weight excluding hydrogens is 212 g/mol. The Hall–Kier alpha value is -1.59. The van der Waals surface area contributed by atoms with Gasteiger partial charge in [-0.2, -0.15) is 0 Å². The summed E-state index contributed by atoms with van der Waals surface area (Å²) >= 11 is 0. The fourth-order valence-corrected chi connectivity index (χ4v) is 2.16. The highest BCUT2D eigenvalue weighted by atomic mass is 16.3. The standard InChI is InChI=1S/C15H16O2/c16-14(13-7-2-1-3-8-13)9-6-12-15(17)10-4-5-11-15/h1-3,7-8,17H,4-5,10-12H2. The van der Waals surface area contributed by atoms with E-state index >= 15 is 0 Å². The van der Waals surface area contributed by atoms with Crippen molar-refractivity contribution in [3.63, 3.8) is 0 Å². The third-order valence-corrected chi connectivity index (χ3v) is 3.19. The van der Waals surface area contributed by atoms with Crippen LogP contribution in [-0.4, -0.2) is 16.5 Å². The minimum absolute atomic E-state index is 0.174. The number of ketones is 1. The zero-order chi connectivity index (χ0) is 12.1. The number of carbonyl (C=O) groups excluding carboxylic acids is 1. The molecule has 0 saturated heterocycles. The summed E-state index contributed by atoms with van der Waals surface area (Å²) in [5, 5.41) is 10.1. The van der Waals surface area contributed by atoms with Gasteiger partial charge in [-0.1, -0.05) is 49.1 Å². The van der Waals surface area contributed by atoms with Crippen LogP contribution in [0.3, 0.4) is 0 Å². The number of benzene rings is 1. The number of hydrogen-bond donors (Lipinski definition) is 1. The number of rotatable bonds is 2. The van der Waals surface area contributed by atoms with Gasteiger partial charge in [0.05, 0.1) is 5.60 Å². The van der Waals surface area contributed by atoms with E-state index in [0.29, 0.717) is 12.0 Å². The van der Waals surface area contributed by atoms with Crippen LogP contribution in [0.5, 0.6) is 0 Å². The van der Waals surface area contributed by atoms with Crippen molar-refractivity contribution < 1.29 is 9.90 Å². The molecule has 17 heavy (non-hydrogen) atoms. The minimum Gasteiger partial charge on any atom is -0.389 e. The zero-order valence-corrected chi connectivity index (χ0v) is 9.78. The van der Waals surface area contributed by atoms with E-state index < -0.39 is 5.60 Å². The molecule has 2 nitrogen and oxygen atoms in total. The van der Waals surface area contributed by atoms with E-state index in [-0.39, 0.29) is 5.78 Å². The molecule has 0 atom stereocenters. The van der Waals surface area contributed by atoms with E-state index in [2.05, 4.69) is 11.8 Å². The number of Topliss-reactive ketones (excluding diaryl/α,β-unsaturated/α-hetero) is 1. The summed E-state index contributed by atoms with van der Waals surface area (Å²) in [4.78, 5) is 11.7. The molecule has 0 spiro atoms. The van der Waals surface area contributed by atoms with Crippen LogP contribution >= 0.6 is 0 Å². The molecule has 0 aliphatic heterocycles. The number of carbonyl (C=O) groups is 1. The van der Waals surface area contributed by atoms with Crippen molar-refractivity contribution in [2.45, 2.75) is 37.7 Å². The smallest absolute Gasteiger partial charge is 0.235 e. The van der Waals surface area contributed by atoms with Gasteiger partial charge in [-0.3, -0.25) is 4.79 Å². The highest BCUT2D eigenvalue weighted by Crippen LogP contribution is 2.31. The fraction of sp³-hybridized carbons (Fsp3) is 0.400. The molecule has 1 N–H and O–H groups in total. The van der Waals surface area contributed by atoms with Crippen molar-refractivity contribution in [1.82, 2.24) is 0 Å². The van der Waals surface area contributed by atoms with Crippen molar-refractivity contribution in [3.8, 4) is 11.8 Å². The third-order valence-electron chi connectivity index (χ3n) is 3.19. The number of aliphatic hydroxyl groups is 1. The average molecular weight is 228 g/mol. The van der Waals surface area contributed by atoms with Gasteiger partial charge < -0.3 is 5.11 Å². The fourth-order valence-electron chi connectivity index (χ4n) is 2.16. The van der Waals surface area contributed by atoms with Gasteiger partial charge >= 0.3 is 0 Å². The molecule has 1 aromatic carbocycles. The van der Waals surface area contributed by atoms with Crippen LogP contribution in [-0.2, 0) is 0 Å². The van der Waals surface area contributed by atoms with Gasteiger partial charge in [0.1, 0.15) is 0 Å². The van der Waals surface area contributed by atoms with E-state index in [9.17, 15) is 9.90 Å². The molecule has 2 rings (SSSR count). The Labute approximate surface area is 102 Å². The Kier molecular flexibility index (Phi) is 3.61. The predicted octanol–water partition coefficient (Wildman–Crippen LogP) is 2.57. The maximum atomic E-state index is 11.7. The first-order chi connectivity index (χ1) is 8.20. The Bertz CT molecular complexity index is 445. The summed E-state index contributed by atoms with van der Waals surface area (Å²) in [7, 11) is 0. The Morgan fingerprint density at radius 3 is 2.53 bits per heavy atom. The Morgan fingerprint density at radius 1 is 1.24 bits per heavy atom. The molecule has 0 radical (unpaired) electrons. The molecule has 1 fully saturated rings. The predicted molar refractivity (Wildman–Crippen MR) is 66.6 cm³/mol. The van der Waals surface area contributed by atoms with Gasteiger partial charge in [-0.15, -0.1) is 0 Å². The van der Waals surface area contributed by atoms with E-state index in [4.69, 9.17) is 0 Å². The van der Waals surface area contributed by atoms with Crippen molar-refractivity contribution in [3.05, 3.63) is 35.9 Å². The Morgan fingerprint density at radius 2 is 1.88 bits per heavy atom. The summed E-state index contributed by atoms with van der Waals surface area (Å²) < 4.78 is 0. The molecule has 88 valence electrons. The van der Waals surface area contributed by atoms with Crippen molar-refractivity contribution in [1.29, 1.82) is 0 Å². The van der Waals surface area contributed by atoms with Gasteiger partial charge in [-0.25, -0.2) is 0 Å². The molecule has 0 heterocycles. The van der Waals surface area contributed by atoms with E-state index in [1.165, 1.54) is 0 Å². The summed E-state index contributed by atoms with van der Waals surface area (Å²) in [5.74, 6) is 5.24. The lowest BCUT2D eigenvalue weighted by Gasteiger charge is -2.17. The molecule has 0 bridgehead atoms. The van der Waals surface area contributed by atoms with Crippen LogP contribution in [0.25, 0.3) is 0 Å². The lowest BCUT2D eigenvalue weighted by Crippen LogP contribution is -2.22. The van der Waals surface area contributed by atoms with Gasteiger partial charge in [-0.05, 0) is 18.8 Å². The largest absolute Gasteiger partial charge is 0.389 e. The van der Waals surface area contributed by atoms with Crippen LogP contribution in [0.2, 0.25) is 0 Å².